The van der Waals surface area contributed by atoms with E-state index in [-0.39, 0.29) is 13.0 Å². The van der Waals surface area contributed by atoms with Crippen LogP contribution in [0.25, 0.3) is 0 Å². The monoisotopic (exact) mass is 1050 g/mol. The molecule has 0 spiro atoms. The summed E-state index contributed by atoms with van der Waals surface area (Å²) in [6.07, 6.45) is 50.4. The molecule has 0 aliphatic carbocycles. The van der Waals surface area contributed by atoms with Gasteiger partial charge in [0.2, 0.25) is 5.91 Å². The quantitative estimate of drug-likeness (QED) is 0.0195. The number of hydrogen-bond acceptors (Lipinski definition) is 10. The summed E-state index contributed by atoms with van der Waals surface area (Å²) in [5.41, 5.74) is 0. The summed E-state index contributed by atoms with van der Waals surface area (Å²) >= 11 is 0. The van der Waals surface area contributed by atoms with E-state index in [1.54, 1.807) is 6.08 Å². The zero-order valence-electron chi connectivity index (χ0n) is 48.0. The van der Waals surface area contributed by atoms with E-state index >= 15 is 0 Å². The lowest BCUT2D eigenvalue weighted by Crippen LogP contribution is -2.61. The Morgan fingerprint density at radius 2 is 0.892 bits per heavy atom. The van der Waals surface area contributed by atoms with Crippen molar-refractivity contribution in [3.63, 3.8) is 0 Å². The predicted molar refractivity (Wildman–Crippen MR) is 306 cm³/mol. The van der Waals surface area contributed by atoms with Gasteiger partial charge in [0.05, 0.1) is 25.4 Å². The molecule has 74 heavy (non-hydrogen) atoms. The summed E-state index contributed by atoms with van der Waals surface area (Å²) in [7, 11) is 0. The highest BCUT2D eigenvalue weighted by atomic mass is 16.7. The van der Waals surface area contributed by atoms with Gasteiger partial charge in [0.15, 0.2) is 12.4 Å². The van der Waals surface area contributed by atoms with Crippen LogP contribution in [0.3, 0.4) is 0 Å². The van der Waals surface area contributed by atoms with Crippen molar-refractivity contribution in [1.82, 2.24) is 5.32 Å². The Balaban J connectivity index is 2.67. The molecule has 11 nitrogen and oxygen atoms in total. The lowest BCUT2D eigenvalue weighted by molar-refractivity contribution is -0.305. The molecule has 0 aromatic carbocycles. The topological polar surface area (TPSA) is 175 Å². The molecule has 1 fully saturated rings. The number of ether oxygens (including phenoxy) is 3. The van der Waals surface area contributed by atoms with E-state index in [1.807, 2.05) is 6.08 Å². The second kappa shape index (κ2) is 51.6. The number of esters is 1. The van der Waals surface area contributed by atoms with Crippen molar-refractivity contribution in [3.8, 4) is 0 Å². The van der Waals surface area contributed by atoms with Crippen molar-refractivity contribution in [2.24, 2.45) is 0 Å². The van der Waals surface area contributed by atoms with Crippen LogP contribution in [-0.4, -0.2) is 99.6 Å². The first kappa shape index (κ1) is 69.9. The van der Waals surface area contributed by atoms with E-state index in [0.29, 0.717) is 19.3 Å². The van der Waals surface area contributed by atoms with Crippen molar-refractivity contribution in [2.45, 2.75) is 339 Å². The largest absolute Gasteiger partial charge is 0.454 e. The lowest BCUT2D eigenvalue weighted by Gasteiger charge is -2.41. The lowest BCUT2D eigenvalue weighted by atomic mass is 9.99. The minimum Gasteiger partial charge on any atom is -0.454 e. The average Bonchev–Trinajstić information content (AvgIpc) is 3.40. The molecular weight excluding hydrogens is 931 g/mol. The van der Waals surface area contributed by atoms with Crippen LogP contribution in [0, 0.1) is 0 Å². The first-order valence-corrected chi connectivity index (χ1v) is 31.3. The van der Waals surface area contributed by atoms with E-state index < -0.39 is 67.4 Å². The number of hydrogen-bond donors (Lipinski definition) is 6. The third-order valence-corrected chi connectivity index (χ3v) is 14.8. The third kappa shape index (κ3) is 39.3. The summed E-state index contributed by atoms with van der Waals surface area (Å²) in [6.45, 7) is 5.78. The molecule has 1 aliphatic heterocycles. The minimum absolute atomic E-state index is 0.105. The fraction of sp³-hybridized carbons (Fsp3) is 0.873. The van der Waals surface area contributed by atoms with Crippen molar-refractivity contribution < 1.29 is 49.3 Å². The van der Waals surface area contributed by atoms with Crippen LogP contribution in [0.2, 0.25) is 0 Å². The van der Waals surface area contributed by atoms with E-state index in [4.69, 9.17) is 14.2 Å². The summed E-state index contributed by atoms with van der Waals surface area (Å²) in [4.78, 5) is 26.5. The van der Waals surface area contributed by atoms with E-state index in [0.717, 1.165) is 64.2 Å². The van der Waals surface area contributed by atoms with Crippen molar-refractivity contribution >= 4 is 11.9 Å². The number of aliphatic hydroxyl groups is 5. The highest BCUT2D eigenvalue weighted by Crippen LogP contribution is 2.26. The number of amides is 1. The number of unbranched alkanes of at least 4 members (excludes halogenated alkanes) is 35. The van der Waals surface area contributed by atoms with Gasteiger partial charge in [-0.25, -0.2) is 0 Å². The SMILES string of the molecule is CCCCCCCC/C=C\CCCCCC(=O)OC1C(OCC(NC(=O)C(O)CCCCCCCCCCCC/C=C/CCCCCCCC)C(O)/C=C/CCCCCCCCCCCC)OC(CO)C(O)C1O. The average molecular weight is 1050 g/mol. The van der Waals surface area contributed by atoms with Gasteiger partial charge in [0, 0.05) is 6.42 Å². The van der Waals surface area contributed by atoms with Crippen LogP contribution in [0.4, 0.5) is 0 Å². The highest BCUT2D eigenvalue weighted by Gasteiger charge is 2.47. The van der Waals surface area contributed by atoms with E-state index in [2.05, 4.69) is 50.4 Å². The summed E-state index contributed by atoms with van der Waals surface area (Å²) in [6, 6.07) is -1.02. The molecule has 8 unspecified atom stereocenters. The molecule has 434 valence electrons. The normalized spacial score (nSPS) is 19.5. The molecule has 1 rings (SSSR count). The molecule has 0 radical (unpaired) electrons. The van der Waals surface area contributed by atoms with Crippen LogP contribution in [-0.2, 0) is 23.8 Å². The maximum atomic E-state index is 13.4. The Hall–Kier alpha value is -2.12. The first-order valence-electron chi connectivity index (χ1n) is 31.3. The van der Waals surface area contributed by atoms with Crippen LogP contribution in [0.15, 0.2) is 36.5 Å². The van der Waals surface area contributed by atoms with Crippen molar-refractivity contribution in [1.29, 1.82) is 0 Å². The Bertz CT molecular complexity index is 1340. The van der Waals surface area contributed by atoms with Crippen LogP contribution >= 0.6 is 0 Å². The van der Waals surface area contributed by atoms with Gasteiger partial charge in [-0.3, -0.25) is 9.59 Å². The number of nitrogens with one attached hydrogen (secondary N) is 1. The van der Waals surface area contributed by atoms with Gasteiger partial charge in [-0.1, -0.05) is 243 Å². The summed E-state index contributed by atoms with van der Waals surface area (Å²) < 4.78 is 17.6. The fourth-order valence-corrected chi connectivity index (χ4v) is 9.76. The molecule has 8 atom stereocenters. The van der Waals surface area contributed by atoms with Gasteiger partial charge >= 0.3 is 5.97 Å². The smallest absolute Gasteiger partial charge is 0.306 e. The van der Waals surface area contributed by atoms with Gasteiger partial charge in [0.25, 0.3) is 0 Å². The number of carbonyl (C=O) groups excluding carboxylic acids is 2. The first-order chi connectivity index (χ1) is 36.2. The highest BCUT2D eigenvalue weighted by molar-refractivity contribution is 5.80. The van der Waals surface area contributed by atoms with Crippen molar-refractivity contribution in [3.05, 3.63) is 36.5 Å². The molecule has 1 aliphatic rings. The maximum absolute atomic E-state index is 13.4. The van der Waals surface area contributed by atoms with Gasteiger partial charge in [0.1, 0.15) is 24.4 Å². The summed E-state index contributed by atoms with van der Waals surface area (Å²) in [5.74, 6) is -1.20. The molecule has 11 heteroatoms. The molecule has 0 aromatic rings. The molecule has 1 saturated heterocycles. The molecule has 0 aromatic heterocycles. The fourth-order valence-electron chi connectivity index (χ4n) is 9.76. The Labute approximate surface area is 453 Å². The number of aliphatic hydroxyl groups excluding tert-OH is 5. The van der Waals surface area contributed by atoms with E-state index in [1.165, 1.54) is 180 Å². The van der Waals surface area contributed by atoms with Gasteiger partial charge in [-0.05, 0) is 77.0 Å². The molecule has 0 bridgehead atoms. The van der Waals surface area contributed by atoms with Crippen molar-refractivity contribution in [2.75, 3.05) is 13.2 Å². The minimum atomic E-state index is -1.62. The zero-order valence-corrected chi connectivity index (χ0v) is 48.0. The van der Waals surface area contributed by atoms with Gasteiger partial charge in [-0.2, -0.15) is 0 Å². The van der Waals surface area contributed by atoms with Gasteiger partial charge < -0.3 is 45.1 Å². The Morgan fingerprint density at radius 1 is 0.514 bits per heavy atom. The number of rotatable bonds is 53. The van der Waals surface area contributed by atoms with Gasteiger partial charge in [-0.15, -0.1) is 0 Å². The molecule has 1 heterocycles. The molecule has 6 N–H and O–H groups in total. The molecule has 1 amide bonds. The Kier molecular flexibility index (Phi) is 48.8. The zero-order chi connectivity index (χ0) is 54.0. The predicted octanol–water partition coefficient (Wildman–Crippen LogP) is 14.7. The second-order valence-electron chi connectivity index (χ2n) is 21.8. The number of carbonyl (C=O) groups is 2. The van der Waals surface area contributed by atoms with Crippen LogP contribution in [0.1, 0.15) is 290 Å². The standard InChI is InChI=1S/C63H117NO10/c1-4-7-10-13-16-19-22-25-26-27-28-29-30-31-33-35-38-41-44-47-50-56(67)62(71)64-54(55(66)49-46-43-40-37-34-24-21-18-15-12-9-6-3)53-72-63-61(60(70)59(69)57(52-65)73-63)74-58(68)51-48-45-42-39-36-32-23-20-17-14-11-8-5-2/h25-26,32,36,46,49,54-57,59-61,63,65-67,69-70H,4-24,27-31,33-35,37-45,47-48,50-53H2,1-3H3,(H,64,71)/b26-25+,36-32-,49-46+. The van der Waals surface area contributed by atoms with Crippen LogP contribution < -0.4 is 5.32 Å². The molecule has 0 saturated carbocycles. The maximum Gasteiger partial charge on any atom is 0.306 e. The van der Waals surface area contributed by atoms with Crippen LogP contribution in [0.5, 0.6) is 0 Å². The van der Waals surface area contributed by atoms with E-state index in [9.17, 15) is 35.1 Å². The second-order valence-corrected chi connectivity index (χ2v) is 21.8. The summed E-state index contributed by atoms with van der Waals surface area (Å²) in [5, 5.41) is 56.9. The molecular formula is C63H117NO10. The third-order valence-electron chi connectivity index (χ3n) is 14.8. The Morgan fingerprint density at radius 3 is 1.31 bits per heavy atom. The number of allylic oxidation sites excluding steroid dienone is 5.